The molecular weight excluding hydrogens is 534 g/mol. The Morgan fingerprint density at radius 2 is 0.818 bits per heavy atom. The van der Waals surface area contributed by atoms with Gasteiger partial charge in [0.05, 0.1) is 0 Å². The van der Waals surface area contributed by atoms with E-state index in [4.69, 9.17) is 0 Å². The van der Waals surface area contributed by atoms with Gasteiger partial charge < -0.3 is 4.90 Å². The zero-order chi connectivity index (χ0) is 22.6. The molecule has 0 saturated heterocycles. The van der Waals surface area contributed by atoms with Gasteiger partial charge in [-0.05, 0) is 82.9 Å². The smallest absolute Gasteiger partial charge is 0.0467 e. The fourth-order valence-corrected chi connectivity index (χ4v) is 5.32. The Balaban J connectivity index is 1.58. The van der Waals surface area contributed by atoms with Crippen molar-refractivity contribution in [3.05, 3.63) is 136 Å². The molecule has 0 unspecified atom stereocenters. The van der Waals surface area contributed by atoms with E-state index in [-0.39, 0.29) is 0 Å². The number of benzene rings is 5. The second-order valence-corrected chi connectivity index (χ2v) is 9.63. The summed E-state index contributed by atoms with van der Waals surface area (Å²) >= 11 is 7.22. The molecule has 160 valence electrons. The van der Waals surface area contributed by atoms with E-state index in [9.17, 15) is 0 Å². The summed E-state index contributed by atoms with van der Waals surface area (Å²) in [7, 11) is 0. The van der Waals surface area contributed by atoms with E-state index in [1.54, 1.807) is 0 Å². The molecule has 0 N–H and O–H groups in total. The van der Waals surface area contributed by atoms with Crippen LogP contribution in [-0.4, -0.2) is 0 Å². The maximum atomic E-state index is 3.61. The van der Waals surface area contributed by atoms with Crippen molar-refractivity contribution in [3.63, 3.8) is 0 Å². The molecule has 0 bridgehead atoms. The Hall–Kier alpha value is -3.14. The topological polar surface area (TPSA) is 3.24 Å². The van der Waals surface area contributed by atoms with Crippen LogP contribution in [0.3, 0.4) is 0 Å². The molecule has 0 heterocycles. The van der Waals surface area contributed by atoms with Gasteiger partial charge in [0.25, 0.3) is 0 Å². The van der Waals surface area contributed by atoms with Gasteiger partial charge in [-0.25, -0.2) is 0 Å². The Kier molecular flexibility index (Phi) is 6.43. The number of halogens is 2. The van der Waals surface area contributed by atoms with Crippen LogP contribution in [0.15, 0.2) is 136 Å². The first-order valence-electron chi connectivity index (χ1n) is 10.7. The van der Waals surface area contributed by atoms with Crippen molar-refractivity contribution in [1.29, 1.82) is 0 Å². The Morgan fingerprint density at radius 3 is 1.39 bits per heavy atom. The fraction of sp³-hybridized carbons (Fsp3) is 0. The maximum absolute atomic E-state index is 3.61. The highest BCUT2D eigenvalue weighted by atomic mass is 79.9. The third-order valence-corrected chi connectivity index (χ3v) is 6.44. The summed E-state index contributed by atoms with van der Waals surface area (Å²) in [6.07, 6.45) is 0. The largest absolute Gasteiger partial charge is 0.310 e. The van der Waals surface area contributed by atoms with Crippen LogP contribution in [0.25, 0.3) is 22.3 Å². The van der Waals surface area contributed by atoms with E-state index in [1.165, 1.54) is 22.3 Å². The standard InChI is InChI=1S/C30H21Br2N/c31-26-18-25(19-27(32)21-26)23-10-7-9-22(17-23)24-11-8-16-30(20-24)33(28-12-3-1-4-13-28)29-14-5-2-6-15-29/h1-21H. The lowest BCUT2D eigenvalue weighted by atomic mass is 9.98. The molecule has 0 atom stereocenters. The average molecular weight is 555 g/mol. The van der Waals surface area contributed by atoms with Crippen molar-refractivity contribution in [2.45, 2.75) is 0 Å². The zero-order valence-corrected chi connectivity index (χ0v) is 21.0. The molecule has 0 aliphatic carbocycles. The maximum Gasteiger partial charge on any atom is 0.0467 e. The molecular formula is C30H21Br2N. The minimum atomic E-state index is 1.06. The molecule has 1 nitrogen and oxygen atoms in total. The Morgan fingerprint density at radius 1 is 0.364 bits per heavy atom. The number of hydrogen-bond acceptors (Lipinski definition) is 1. The van der Waals surface area contributed by atoms with Gasteiger partial charge in [0.15, 0.2) is 0 Å². The molecule has 0 aliphatic rings. The average Bonchev–Trinajstić information content (AvgIpc) is 2.85. The van der Waals surface area contributed by atoms with Gasteiger partial charge in [-0.3, -0.25) is 0 Å². The molecule has 0 fully saturated rings. The van der Waals surface area contributed by atoms with Crippen LogP contribution in [0, 0.1) is 0 Å². The van der Waals surface area contributed by atoms with Crippen LogP contribution in [-0.2, 0) is 0 Å². The lowest BCUT2D eigenvalue weighted by Gasteiger charge is -2.26. The predicted octanol–water partition coefficient (Wildman–Crippen LogP) is 10.0. The quantitative estimate of drug-likeness (QED) is 0.209. The van der Waals surface area contributed by atoms with Crippen molar-refractivity contribution in [2.24, 2.45) is 0 Å². The van der Waals surface area contributed by atoms with E-state index in [1.807, 2.05) is 0 Å². The molecule has 5 rings (SSSR count). The van der Waals surface area contributed by atoms with Gasteiger partial charge in [-0.2, -0.15) is 0 Å². The first-order chi connectivity index (χ1) is 16.2. The summed E-state index contributed by atoms with van der Waals surface area (Å²) in [6, 6.07) is 44.8. The lowest BCUT2D eigenvalue weighted by Crippen LogP contribution is -2.09. The molecule has 0 saturated carbocycles. The third-order valence-electron chi connectivity index (χ3n) is 5.52. The molecule has 5 aromatic rings. The summed E-state index contributed by atoms with van der Waals surface area (Å²) in [4.78, 5) is 2.29. The Labute approximate surface area is 211 Å². The SMILES string of the molecule is Brc1cc(Br)cc(-c2cccc(-c3cccc(N(c4ccccc4)c4ccccc4)c3)c2)c1. The molecule has 0 radical (unpaired) electrons. The predicted molar refractivity (Wildman–Crippen MR) is 147 cm³/mol. The van der Waals surface area contributed by atoms with E-state index in [0.717, 1.165) is 26.0 Å². The third kappa shape index (κ3) is 4.95. The van der Waals surface area contributed by atoms with Gasteiger partial charge in [0.2, 0.25) is 0 Å². The number of anilines is 3. The number of hydrogen-bond donors (Lipinski definition) is 0. The zero-order valence-electron chi connectivity index (χ0n) is 17.8. The summed E-state index contributed by atoms with van der Waals surface area (Å²) in [5.74, 6) is 0. The van der Waals surface area contributed by atoms with Gasteiger partial charge in [-0.15, -0.1) is 0 Å². The highest BCUT2D eigenvalue weighted by molar-refractivity contribution is 9.11. The van der Waals surface area contributed by atoms with E-state index in [0.29, 0.717) is 0 Å². The van der Waals surface area contributed by atoms with E-state index in [2.05, 4.69) is 164 Å². The van der Waals surface area contributed by atoms with Gasteiger partial charge in [-0.1, -0.05) is 98.6 Å². The first kappa shape index (κ1) is 21.7. The summed E-state index contributed by atoms with van der Waals surface area (Å²) in [5, 5.41) is 0. The number of nitrogens with zero attached hydrogens (tertiary/aromatic N) is 1. The number of para-hydroxylation sites is 2. The van der Waals surface area contributed by atoms with Crippen molar-refractivity contribution in [1.82, 2.24) is 0 Å². The molecule has 5 aromatic carbocycles. The molecule has 0 aromatic heterocycles. The van der Waals surface area contributed by atoms with Crippen molar-refractivity contribution in [2.75, 3.05) is 4.90 Å². The fourth-order valence-electron chi connectivity index (χ4n) is 4.02. The normalized spacial score (nSPS) is 10.7. The monoisotopic (exact) mass is 553 g/mol. The molecule has 3 heteroatoms. The van der Waals surface area contributed by atoms with Gasteiger partial charge in [0.1, 0.15) is 0 Å². The van der Waals surface area contributed by atoms with Gasteiger partial charge in [0, 0.05) is 26.0 Å². The molecule has 0 spiro atoms. The molecule has 0 amide bonds. The Bertz CT molecular complexity index is 1320. The van der Waals surface area contributed by atoms with Crippen LogP contribution in [0.2, 0.25) is 0 Å². The van der Waals surface area contributed by atoms with E-state index >= 15 is 0 Å². The highest BCUT2D eigenvalue weighted by Gasteiger charge is 2.13. The summed E-state index contributed by atoms with van der Waals surface area (Å²) in [5.41, 5.74) is 8.11. The van der Waals surface area contributed by atoms with Gasteiger partial charge >= 0.3 is 0 Å². The van der Waals surface area contributed by atoms with Crippen LogP contribution < -0.4 is 4.90 Å². The van der Waals surface area contributed by atoms with Crippen LogP contribution in [0.5, 0.6) is 0 Å². The van der Waals surface area contributed by atoms with Crippen LogP contribution in [0.1, 0.15) is 0 Å². The van der Waals surface area contributed by atoms with Crippen molar-refractivity contribution < 1.29 is 0 Å². The highest BCUT2D eigenvalue weighted by Crippen LogP contribution is 2.37. The summed E-state index contributed by atoms with van der Waals surface area (Å²) in [6.45, 7) is 0. The minimum Gasteiger partial charge on any atom is -0.310 e. The summed E-state index contributed by atoms with van der Waals surface area (Å²) < 4.78 is 2.11. The number of rotatable bonds is 5. The van der Waals surface area contributed by atoms with Crippen LogP contribution >= 0.6 is 31.9 Å². The molecule has 33 heavy (non-hydrogen) atoms. The van der Waals surface area contributed by atoms with Crippen LogP contribution in [0.4, 0.5) is 17.1 Å². The second kappa shape index (κ2) is 9.78. The second-order valence-electron chi connectivity index (χ2n) is 7.80. The molecule has 0 aliphatic heterocycles. The lowest BCUT2D eigenvalue weighted by molar-refractivity contribution is 1.28. The van der Waals surface area contributed by atoms with E-state index < -0.39 is 0 Å². The van der Waals surface area contributed by atoms with Crippen molar-refractivity contribution in [3.8, 4) is 22.3 Å². The van der Waals surface area contributed by atoms with Crippen molar-refractivity contribution >= 4 is 48.9 Å². The minimum absolute atomic E-state index is 1.06. The first-order valence-corrected chi connectivity index (χ1v) is 12.3.